The second-order valence-corrected chi connectivity index (χ2v) is 13.0. The molecule has 5 rings (SSSR count). The topological polar surface area (TPSA) is 84.4 Å². The standard InChI is InChI=1S/C28H32N4O3S2/c1-28(2,3)31-37(33,34)23-6-4-5-22(16-23)24-19-36-25-17-29-26(30-27(24)25)15-20-7-9-21(10-8-20)18-32-11-13-35-14-12-32/h4-10,16-17,19,31H,11-15,18H2,1-3H3. The van der Waals surface area contributed by atoms with E-state index in [4.69, 9.17) is 9.72 Å². The van der Waals surface area contributed by atoms with Crippen LogP contribution < -0.4 is 4.72 Å². The SMILES string of the molecule is CC(C)(C)NS(=O)(=O)c1cccc(-c2csc3cnc(Cc4ccc(CN5CCOCC5)cc4)nc23)c1. The molecule has 0 amide bonds. The van der Waals surface area contributed by atoms with Gasteiger partial charge in [0.15, 0.2) is 0 Å². The van der Waals surface area contributed by atoms with E-state index in [1.165, 1.54) is 5.56 Å². The molecule has 4 aromatic rings. The van der Waals surface area contributed by atoms with Crippen molar-refractivity contribution in [2.45, 2.75) is 44.2 Å². The maximum Gasteiger partial charge on any atom is 0.241 e. The lowest BCUT2D eigenvalue weighted by atomic mass is 10.1. The van der Waals surface area contributed by atoms with E-state index < -0.39 is 15.6 Å². The summed E-state index contributed by atoms with van der Waals surface area (Å²) in [5.74, 6) is 0.742. The monoisotopic (exact) mass is 536 g/mol. The molecule has 1 N–H and O–H groups in total. The second-order valence-electron chi connectivity index (χ2n) is 10.4. The third-order valence-corrected chi connectivity index (χ3v) is 8.82. The van der Waals surface area contributed by atoms with Crippen LogP contribution in [0.4, 0.5) is 0 Å². The lowest BCUT2D eigenvalue weighted by molar-refractivity contribution is 0.0342. The van der Waals surface area contributed by atoms with Crippen LogP contribution in [0.25, 0.3) is 21.3 Å². The van der Waals surface area contributed by atoms with Crippen LogP contribution in [-0.2, 0) is 27.7 Å². The average Bonchev–Trinajstić information content (AvgIpc) is 3.28. The van der Waals surface area contributed by atoms with Crippen LogP contribution in [0.1, 0.15) is 37.7 Å². The minimum atomic E-state index is -3.64. The first-order chi connectivity index (χ1) is 17.7. The molecular formula is C28H32N4O3S2. The molecule has 3 heterocycles. The number of rotatable bonds is 7. The van der Waals surface area contributed by atoms with Gasteiger partial charge in [-0.25, -0.2) is 23.1 Å². The number of aromatic nitrogens is 2. The molecule has 1 aliphatic rings. The van der Waals surface area contributed by atoms with Gasteiger partial charge < -0.3 is 4.74 Å². The summed E-state index contributed by atoms with van der Waals surface area (Å²) < 4.78 is 34.9. The van der Waals surface area contributed by atoms with Gasteiger partial charge in [0.25, 0.3) is 0 Å². The first kappa shape index (κ1) is 25.9. The number of hydrogen-bond acceptors (Lipinski definition) is 7. The molecule has 1 fully saturated rings. The molecule has 1 aliphatic heterocycles. The van der Waals surface area contributed by atoms with E-state index in [2.05, 4.69) is 38.9 Å². The zero-order valence-corrected chi connectivity index (χ0v) is 23.0. The molecule has 0 bridgehead atoms. The summed E-state index contributed by atoms with van der Waals surface area (Å²) in [6.07, 6.45) is 2.49. The van der Waals surface area contributed by atoms with Crippen molar-refractivity contribution in [3.63, 3.8) is 0 Å². The van der Waals surface area contributed by atoms with Crippen molar-refractivity contribution in [2.24, 2.45) is 0 Å². The Morgan fingerprint density at radius 1 is 1.05 bits per heavy atom. The molecule has 2 aromatic heterocycles. The molecule has 194 valence electrons. The number of morpholine rings is 1. The lowest BCUT2D eigenvalue weighted by Crippen LogP contribution is -2.40. The summed E-state index contributed by atoms with van der Waals surface area (Å²) in [5.41, 5.74) is 4.46. The minimum absolute atomic E-state index is 0.241. The maximum atomic E-state index is 12.9. The zero-order valence-electron chi connectivity index (χ0n) is 21.4. The summed E-state index contributed by atoms with van der Waals surface area (Å²) in [6, 6.07) is 15.7. The zero-order chi connectivity index (χ0) is 26.0. The van der Waals surface area contributed by atoms with Crippen LogP contribution in [0.3, 0.4) is 0 Å². The number of hydrogen-bond donors (Lipinski definition) is 1. The van der Waals surface area contributed by atoms with Gasteiger partial charge in [0.2, 0.25) is 10.0 Å². The Morgan fingerprint density at radius 2 is 1.78 bits per heavy atom. The highest BCUT2D eigenvalue weighted by molar-refractivity contribution is 7.89. The van der Waals surface area contributed by atoms with Gasteiger partial charge in [0.1, 0.15) is 5.82 Å². The van der Waals surface area contributed by atoms with Crippen molar-refractivity contribution in [3.8, 4) is 11.1 Å². The molecule has 0 radical (unpaired) electrons. The number of nitrogens with zero attached hydrogens (tertiary/aromatic N) is 3. The number of thiophene rings is 1. The molecule has 0 unspecified atom stereocenters. The van der Waals surface area contributed by atoms with Crippen molar-refractivity contribution in [1.29, 1.82) is 0 Å². The number of sulfonamides is 1. The van der Waals surface area contributed by atoms with E-state index in [0.29, 0.717) is 6.42 Å². The predicted molar refractivity (Wildman–Crippen MR) is 148 cm³/mol. The van der Waals surface area contributed by atoms with Crippen LogP contribution in [0, 0.1) is 0 Å². The van der Waals surface area contributed by atoms with Crippen LogP contribution in [0.2, 0.25) is 0 Å². The van der Waals surface area contributed by atoms with Crippen LogP contribution in [0.15, 0.2) is 65.0 Å². The van der Waals surface area contributed by atoms with Gasteiger partial charge >= 0.3 is 0 Å². The third kappa shape index (κ3) is 6.42. The van der Waals surface area contributed by atoms with Gasteiger partial charge in [-0.15, -0.1) is 11.3 Å². The summed E-state index contributed by atoms with van der Waals surface area (Å²) in [4.78, 5) is 12.1. The molecule has 1 saturated heterocycles. The summed E-state index contributed by atoms with van der Waals surface area (Å²) in [7, 11) is -3.64. The van der Waals surface area contributed by atoms with Crippen molar-refractivity contribution in [3.05, 3.63) is 77.1 Å². The highest BCUT2D eigenvalue weighted by Crippen LogP contribution is 2.33. The van der Waals surface area contributed by atoms with Crippen molar-refractivity contribution >= 4 is 31.6 Å². The normalized spacial score (nSPS) is 15.3. The Hall–Kier alpha value is -2.69. The number of fused-ring (bicyclic) bond motifs is 1. The molecule has 7 nitrogen and oxygen atoms in total. The highest BCUT2D eigenvalue weighted by atomic mass is 32.2. The lowest BCUT2D eigenvalue weighted by Gasteiger charge is -2.26. The Balaban J connectivity index is 1.36. The van der Waals surface area contributed by atoms with Gasteiger partial charge in [0, 0.05) is 48.7 Å². The van der Waals surface area contributed by atoms with Crippen molar-refractivity contribution < 1.29 is 13.2 Å². The van der Waals surface area contributed by atoms with Gasteiger partial charge in [-0.3, -0.25) is 4.90 Å². The van der Waals surface area contributed by atoms with Crippen molar-refractivity contribution in [2.75, 3.05) is 26.3 Å². The Morgan fingerprint density at radius 3 is 2.51 bits per heavy atom. The van der Waals surface area contributed by atoms with Crippen LogP contribution in [-0.4, -0.2) is 55.1 Å². The fourth-order valence-corrected chi connectivity index (χ4v) is 6.75. The molecule has 37 heavy (non-hydrogen) atoms. The minimum Gasteiger partial charge on any atom is -0.379 e. The van der Waals surface area contributed by atoms with Crippen LogP contribution >= 0.6 is 11.3 Å². The third-order valence-electron chi connectivity index (χ3n) is 6.15. The number of benzene rings is 2. The second kappa shape index (κ2) is 10.6. The highest BCUT2D eigenvalue weighted by Gasteiger charge is 2.22. The maximum absolute atomic E-state index is 12.9. The van der Waals surface area contributed by atoms with Crippen molar-refractivity contribution in [1.82, 2.24) is 19.6 Å². The van der Waals surface area contributed by atoms with E-state index in [9.17, 15) is 8.42 Å². The largest absolute Gasteiger partial charge is 0.379 e. The Bertz CT molecular complexity index is 1490. The average molecular weight is 537 g/mol. The van der Waals surface area contributed by atoms with Gasteiger partial charge in [0.05, 0.1) is 28.3 Å². The molecule has 2 aromatic carbocycles. The van der Waals surface area contributed by atoms with E-state index in [0.717, 1.165) is 65.6 Å². The van der Waals surface area contributed by atoms with E-state index >= 15 is 0 Å². The number of nitrogens with one attached hydrogen (secondary N) is 1. The fraction of sp³-hybridized carbons (Fsp3) is 0.357. The predicted octanol–water partition coefficient (Wildman–Crippen LogP) is 4.86. The molecule has 9 heteroatoms. The van der Waals surface area contributed by atoms with E-state index in [-0.39, 0.29) is 4.90 Å². The first-order valence-corrected chi connectivity index (χ1v) is 14.8. The smallest absolute Gasteiger partial charge is 0.241 e. The van der Waals surface area contributed by atoms with Gasteiger partial charge in [-0.05, 0) is 49.6 Å². The first-order valence-electron chi connectivity index (χ1n) is 12.4. The Labute approximate surface area is 222 Å². The number of ether oxygens (including phenoxy) is 1. The molecule has 0 aliphatic carbocycles. The summed E-state index contributed by atoms with van der Waals surface area (Å²) in [5, 5.41) is 2.02. The van der Waals surface area contributed by atoms with E-state index in [1.807, 2.05) is 38.4 Å². The molecule has 0 saturated carbocycles. The van der Waals surface area contributed by atoms with Gasteiger partial charge in [-0.1, -0.05) is 36.4 Å². The fourth-order valence-electron chi connectivity index (χ4n) is 4.41. The molecule has 0 atom stereocenters. The molecule has 0 spiro atoms. The van der Waals surface area contributed by atoms with Gasteiger partial charge in [-0.2, -0.15) is 0 Å². The quantitative estimate of drug-likeness (QED) is 0.363. The molecular weight excluding hydrogens is 504 g/mol. The van der Waals surface area contributed by atoms with Crippen LogP contribution in [0.5, 0.6) is 0 Å². The Kier molecular flexibility index (Phi) is 7.42. The summed E-state index contributed by atoms with van der Waals surface area (Å²) in [6.45, 7) is 9.98. The summed E-state index contributed by atoms with van der Waals surface area (Å²) >= 11 is 1.56. The van der Waals surface area contributed by atoms with E-state index in [1.54, 1.807) is 29.5 Å².